The number of nitrogens with zero attached hydrogens (tertiary/aromatic N) is 4. The number of benzene rings is 1. The molecule has 2 N–H and O–H groups in total. The zero-order valence-electron chi connectivity index (χ0n) is 12.5. The molecule has 0 spiro atoms. The van der Waals surface area contributed by atoms with Crippen molar-refractivity contribution in [2.75, 3.05) is 12.8 Å². The largest absolute Gasteiger partial charge is 0.497 e. The van der Waals surface area contributed by atoms with Crippen LogP contribution in [0.1, 0.15) is 38.6 Å². The maximum atomic E-state index is 5.93. The number of rotatable bonds is 4. The van der Waals surface area contributed by atoms with Crippen LogP contribution in [0.25, 0.3) is 11.4 Å². The van der Waals surface area contributed by atoms with E-state index in [1.165, 1.54) is 25.7 Å². The van der Waals surface area contributed by atoms with Gasteiger partial charge in [0.05, 0.1) is 13.2 Å². The van der Waals surface area contributed by atoms with Crippen molar-refractivity contribution in [3.63, 3.8) is 0 Å². The first-order valence-electron chi connectivity index (χ1n) is 7.42. The van der Waals surface area contributed by atoms with Gasteiger partial charge in [0.2, 0.25) is 0 Å². The van der Waals surface area contributed by atoms with Gasteiger partial charge in [0.25, 0.3) is 0 Å². The van der Waals surface area contributed by atoms with Crippen molar-refractivity contribution >= 4 is 5.69 Å². The van der Waals surface area contributed by atoms with Gasteiger partial charge in [0, 0.05) is 17.3 Å². The molecular weight excluding hydrogens is 266 g/mol. The fraction of sp³-hybridized carbons (Fsp3) is 0.533. The van der Waals surface area contributed by atoms with Crippen LogP contribution in [-0.2, 0) is 0 Å². The van der Waals surface area contributed by atoms with E-state index >= 15 is 0 Å². The Bertz CT molecular complexity index is 618. The first-order valence-corrected chi connectivity index (χ1v) is 7.42. The van der Waals surface area contributed by atoms with E-state index in [4.69, 9.17) is 10.5 Å². The summed E-state index contributed by atoms with van der Waals surface area (Å²) in [5.74, 6) is 2.11. The van der Waals surface area contributed by atoms with Gasteiger partial charge in [-0.2, -0.15) is 0 Å². The maximum Gasteiger partial charge on any atom is 0.182 e. The van der Waals surface area contributed by atoms with E-state index in [0.29, 0.717) is 23.4 Å². The smallest absolute Gasteiger partial charge is 0.182 e. The van der Waals surface area contributed by atoms with Gasteiger partial charge in [-0.1, -0.05) is 12.8 Å². The molecule has 1 aliphatic carbocycles. The molecule has 1 unspecified atom stereocenters. The van der Waals surface area contributed by atoms with Crippen molar-refractivity contribution in [3.05, 3.63) is 18.2 Å². The number of methoxy groups -OCH3 is 1. The number of nitrogens with two attached hydrogens (primary N) is 1. The minimum atomic E-state index is 0.296. The molecule has 0 saturated heterocycles. The summed E-state index contributed by atoms with van der Waals surface area (Å²) in [7, 11) is 1.63. The Balaban J connectivity index is 1.96. The molecule has 1 saturated carbocycles. The van der Waals surface area contributed by atoms with Gasteiger partial charge in [-0.3, -0.25) is 0 Å². The standard InChI is InChI=1S/C15H21N5O/c1-10(11-5-3-4-6-11)20-15(17-18-19-20)12-7-13(16)9-14(8-12)21-2/h7-11H,3-6,16H2,1-2H3. The van der Waals surface area contributed by atoms with Crippen molar-refractivity contribution in [1.29, 1.82) is 0 Å². The molecule has 1 aromatic carbocycles. The number of hydrogen-bond donors (Lipinski definition) is 1. The molecule has 1 fully saturated rings. The molecule has 3 rings (SSSR count). The second-order valence-corrected chi connectivity index (χ2v) is 5.73. The molecule has 0 radical (unpaired) electrons. The highest BCUT2D eigenvalue weighted by molar-refractivity contribution is 5.64. The number of ether oxygens (including phenoxy) is 1. The topological polar surface area (TPSA) is 78.8 Å². The first-order chi connectivity index (χ1) is 10.2. The average molecular weight is 287 g/mol. The summed E-state index contributed by atoms with van der Waals surface area (Å²) < 4.78 is 7.20. The van der Waals surface area contributed by atoms with Crippen molar-refractivity contribution < 1.29 is 4.74 Å². The lowest BCUT2D eigenvalue weighted by Crippen LogP contribution is -2.16. The van der Waals surface area contributed by atoms with E-state index in [1.807, 2.05) is 16.8 Å². The van der Waals surface area contributed by atoms with Crippen molar-refractivity contribution in [3.8, 4) is 17.1 Å². The minimum Gasteiger partial charge on any atom is -0.497 e. The van der Waals surface area contributed by atoms with Crippen molar-refractivity contribution in [1.82, 2.24) is 20.2 Å². The summed E-state index contributed by atoms with van der Waals surface area (Å²) in [6.07, 6.45) is 5.11. The Morgan fingerprint density at radius 3 is 2.76 bits per heavy atom. The Labute approximate surface area is 124 Å². The first kappa shape index (κ1) is 13.9. The third kappa shape index (κ3) is 2.70. The fourth-order valence-electron chi connectivity index (χ4n) is 3.17. The highest BCUT2D eigenvalue weighted by Crippen LogP contribution is 2.35. The van der Waals surface area contributed by atoms with Crippen LogP contribution in [0.4, 0.5) is 5.69 Å². The molecule has 2 aromatic rings. The zero-order valence-corrected chi connectivity index (χ0v) is 12.5. The number of hydrogen-bond acceptors (Lipinski definition) is 5. The van der Waals surface area contributed by atoms with Gasteiger partial charge < -0.3 is 10.5 Å². The fourth-order valence-corrected chi connectivity index (χ4v) is 3.17. The van der Waals surface area contributed by atoms with Crippen LogP contribution in [0.15, 0.2) is 18.2 Å². The molecule has 0 amide bonds. The number of tetrazole rings is 1. The van der Waals surface area contributed by atoms with Crippen molar-refractivity contribution in [2.45, 2.75) is 38.6 Å². The molecule has 6 heteroatoms. The van der Waals surface area contributed by atoms with Crippen LogP contribution >= 0.6 is 0 Å². The van der Waals surface area contributed by atoms with Crippen LogP contribution in [0.5, 0.6) is 5.75 Å². The van der Waals surface area contributed by atoms with E-state index in [9.17, 15) is 0 Å². The molecule has 112 valence electrons. The van der Waals surface area contributed by atoms with E-state index in [0.717, 1.165) is 11.4 Å². The number of anilines is 1. The summed E-state index contributed by atoms with van der Waals surface area (Å²) in [6.45, 7) is 2.19. The van der Waals surface area contributed by atoms with Crippen LogP contribution in [0, 0.1) is 5.92 Å². The normalized spacial score (nSPS) is 17.0. The average Bonchev–Trinajstić information content (AvgIpc) is 3.17. The van der Waals surface area contributed by atoms with Gasteiger partial charge in [-0.05, 0) is 48.2 Å². The van der Waals surface area contributed by atoms with Crippen LogP contribution in [0.3, 0.4) is 0 Å². The summed E-state index contributed by atoms with van der Waals surface area (Å²) >= 11 is 0. The SMILES string of the molecule is COc1cc(N)cc(-c2nnnn2C(C)C2CCCC2)c1. The molecule has 6 nitrogen and oxygen atoms in total. The summed E-state index contributed by atoms with van der Waals surface area (Å²) in [4.78, 5) is 0. The zero-order chi connectivity index (χ0) is 14.8. The molecule has 1 aliphatic rings. The molecular formula is C15H21N5O. The molecule has 1 atom stereocenters. The van der Waals surface area contributed by atoms with Gasteiger partial charge in [0.1, 0.15) is 5.75 Å². The van der Waals surface area contributed by atoms with Gasteiger partial charge in [-0.25, -0.2) is 4.68 Å². The van der Waals surface area contributed by atoms with Gasteiger partial charge >= 0.3 is 0 Å². The summed E-state index contributed by atoms with van der Waals surface area (Å²) in [5, 5.41) is 12.2. The molecule has 1 aromatic heterocycles. The predicted molar refractivity (Wildman–Crippen MR) is 80.9 cm³/mol. The van der Waals surface area contributed by atoms with Gasteiger partial charge in [0.15, 0.2) is 5.82 Å². The van der Waals surface area contributed by atoms with Gasteiger partial charge in [-0.15, -0.1) is 5.10 Å². The lowest BCUT2D eigenvalue weighted by atomic mass is 9.99. The predicted octanol–water partition coefficient (Wildman–Crippen LogP) is 2.68. The third-order valence-electron chi connectivity index (χ3n) is 4.38. The Morgan fingerprint density at radius 2 is 2.05 bits per heavy atom. The number of nitrogen functional groups attached to an aromatic ring is 1. The summed E-state index contributed by atoms with van der Waals surface area (Å²) in [5.41, 5.74) is 7.47. The Morgan fingerprint density at radius 1 is 1.29 bits per heavy atom. The second kappa shape index (κ2) is 5.71. The quantitative estimate of drug-likeness (QED) is 0.875. The Hall–Kier alpha value is -2.11. The highest BCUT2D eigenvalue weighted by atomic mass is 16.5. The maximum absolute atomic E-state index is 5.93. The molecule has 0 bridgehead atoms. The van der Waals surface area contributed by atoms with Crippen LogP contribution < -0.4 is 10.5 Å². The molecule has 21 heavy (non-hydrogen) atoms. The van der Waals surface area contributed by atoms with E-state index in [2.05, 4.69) is 22.4 Å². The Kier molecular flexibility index (Phi) is 3.77. The lowest BCUT2D eigenvalue weighted by molar-refractivity contribution is 0.332. The number of aromatic nitrogens is 4. The van der Waals surface area contributed by atoms with E-state index in [-0.39, 0.29) is 0 Å². The second-order valence-electron chi connectivity index (χ2n) is 5.73. The molecule has 1 heterocycles. The lowest BCUT2D eigenvalue weighted by Gasteiger charge is -2.20. The summed E-state index contributed by atoms with van der Waals surface area (Å²) in [6, 6.07) is 5.88. The van der Waals surface area contributed by atoms with Crippen LogP contribution in [0.2, 0.25) is 0 Å². The highest BCUT2D eigenvalue weighted by Gasteiger charge is 2.26. The van der Waals surface area contributed by atoms with E-state index in [1.54, 1.807) is 13.2 Å². The third-order valence-corrected chi connectivity index (χ3v) is 4.38. The van der Waals surface area contributed by atoms with E-state index < -0.39 is 0 Å². The van der Waals surface area contributed by atoms with Crippen LogP contribution in [-0.4, -0.2) is 27.3 Å². The molecule has 0 aliphatic heterocycles. The minimum absolute atomic E-state index is 0.296. The van der Waals surface area contributed by atoms with Crippen molar-refractivity contribution in [2.24, 2.45) is 5.92 Å². The monoisotopic (exact) mass is 287 g/mol.